The van der Waals surface area contributed by atoms with Crippen molar-refractivity contribution in [2.75, 3.05) is 5.73 Å². The van der Waals surface area contributed by atoms with Crippen molar-refractivity contribution in [1.82, 2.24) is 4.98 Å². The van der Waals surface area contributed by atoms with Crippen LogP contribution in [0.1, 0.15) is 48.2 Å². The van der Waals surface area contributed by atoms with Crippen LogP contribution in [-0.4, -0.2) is 11.2 Å². The van der Waals surface area contributed by atoms with Crippen molar-refractivity contribution in [3.05, 3.63) is 101 Å². The van der Waals surface area contributed by atoms with E-state index in [1.807, 2.05) is 55.6 Å². The summed E-state index contributed by atoms with van der Waals surface area (Å²) in [6.07, 6.45) is 8.07. The van der Waals surface area contributed by atoms with Gasteiger partial charge >= 0.3 is 0 Å². The third-order valence-corrected chi connectivity index (χ3v) is 4.72. The average molecular weight is 367 g/mol. The zero-order chi connectivity index (χ0) is 19.9. The summed E-state index contributed by atoms with van der Waals surface area (Å²) in [7, 11) is 0. The van der Waals surface area contributed by atoms with E-state index in [2.05, 4.69) is 42.2 Å². The Balaban J connectivity index is 2.27. The van der Waals surface area contributed by atoms with Crippen LogP contribution in [0.3, 0.4) is 0 Å². The second-order valence-corrected chi connectivity index (χ2v) is 6.53. The van der Waals surface area contributed by atoms with Gasteiger partial charge in [0.2, 0.25) is 0 Å². The fourth-order valence-electron chi connectivity index (χ4n) is 3.36. The Hall–Kier alpha value is -3.46. The van der Waals surface area contributed by atoms with Gasteiger partial charge in [-0.3, -0.25) is 4.98 Å². The molecule has 3 aromatic rings. The fraction of sp³-hybridized carbons (Fsp3) is 0.120. The number of hydrogen-bond acceptors (Lipinski definition) is 3. The third kappa shape index (κ3) is 4.09. The highest BCUT2D eigenvalue weighted by atomic mass is 14.7. The molecule has 3 rings (SSSR count). The first-order valence-corrected chi connectivity index (χ1v) is 9.46. The lowest BCUT2D eigenvalue weighted by Gasteiger charge is -2.17. The van der Waals surface area contributed by atoms with Crippen LogP contribution in [0.2, 0.25) is 0 Å². The quantitative estimate of drug-likeness (QED) is 0.316. The standard InChI is InChI=1S/C25H25N3/c1-3-8-22-13-11-20(17-28-22)25(19-12-14-24(27)21(15-19)16-26)23(4-2)18-9-6-5-7-10-18/h3,5-17,26H,4,27H2,1-2H3/b8-3+,25-23-,26-16?. The van der Waals surface area contributed by atoms with E-state index >= 15 is 0 Å². The molecule has 0 atom stereocenters. The SMILES string of the molecule is C/C=C/c1ccc(/C(=C(/CC)c2ccccc2)c2ccc(N)c(C=N)c2)cn1. The lowest BCUT2D eigenvalue weighted by Crippen LogP contribution is -1.99. The second kappa shape index (κ2) is 8.96. The zero-order valence-corrected chi connectivity index (χ0v) is 16.3. The van der Waals surface area contributed by atoms with Gasteiger partial charge in [-0.2, -0.15) is 0 Å². The van der Waals surface area contributed by atoms with Crippen LogP contribution in [0.15, 0.2) is 72.9 Å². The molecule has 0 saturated carbocycles. The van der Waals surface area contributed by atoms with Crippen LogP contribution in [0.4, 0.5) is 5.69 Å². The first-order chi connectivity index (χ1) is 13.7. The van der Waals surface area contributed by atoms with Crippen molar-refractivity contribution in [3.63, 3.8) is 0 Å². The lowest BCUT2D eigenvalue weighted by molar-refractivity contribution is 1.23. The van der Waals surface area contributed by atoms with Crippen molar-refractivity contribution in [2.24, 2.45) is 0 Å². The Bertz CT molecular complexity index is 1010. The summed E-state index contributed by atoms with van der Waals surface area (Å²) in [4.78, 5) is 4.59. The van der Waals surface area contributed by atoms with Crippen LogP contribution in [-0.2, 0) is 0 Å². The molecule has 3 nitrogen and oxygen atoms in total. The molecule has 0 bridgehead atoms. The maximum Gasteiger partial charge on any atom is 0.0626 e. The van der Waals surface area contributed by atoms with E-state index in [0.717, 1.165) is 34.4 Å². The van der Waals surface area contributed by atoms with Crippen molar-refractivity contribution in [3.8, 4) is 0 Å². The molecule has 0 saturated heterocycles. The first-order valence-electron chi connectivity index (χ1n) is 9.46. The van der Waals surface area contributed by atoms with Gasteiger partial charge in [0.05, 0.1) is 5.69 Å². The molecule has 28 heavy (non-hydrogen) atoms. The van der Waals surface area contributed by atoms with Crippen molar-refractivity contribution < 1.29 is 0 Å². The van der Waals surface area contributed by atoms with Gasteiger partial charge in [-0.25, -0.2) is 0 Å². The van der Waals surface area contributed by atoms with Gasteiger partial charge in [0.15, 0.2) is 0 Å². The molecule has 1 heterocycles. The topological polar surface area (TPSA) is 62.8 Å². The van der Waals surface area contributed by atoms with Crippen LogP contribution < -0.4 is 5.73 Å². The van der Waals surface area contributed by atoms with Gasteiger partial charge in [0.1, 0.15) is 0 Å². The Labute approximate surface area is 166 Å². The molecule has 140 valence electrons. The molecule has 0 spiro atoms. The summed E-state index contributed by atoms with van der Waals surface area (Å²) in [5.74, 6) is 0. The van der Waals surface area contributed by atoms with Crippen LogP contribution >= 0.6 is 0 Å². The van der Waals surface area contributed by atoms with E-state index in [9.17, 15) is 0 Å². The summed E-state index contributed by atoms with van der Waals surface area (Å²) in [6.45, 7) is 4.15. The van der Waals surface area contributed by atoms with E-state index in [-0.39, 0.29) is 0 Å². The number of pyridine rings is 1. The van der Waals surface area contributed by atoms with Crippen LogP contribution in [0, 0.1) is 5.41 Å². The van der Waals surface area contributed by atoms with Crippen molar-refractivity contribution in [1.29, 1.82) is 5.41 Å². The molecule has 1 aromatic heterocycles. The minimum absolute atomic E-state index is 0.609. The lowest BCUT2D eigenvalue weighted by atomic mass is 9.88. The van der Waals surface area contributed by atoms with Gasteiger partial charge < -0.3 is 11.1 Å². The smallest absolute Gasteiger partial charge is 0.0626 e. The monoisotopic (exact) mass is 367 g/mol. The summed E-state index contributed by atoms with van der Waals surface area (Å²) in [5, 5.41) is 7.68. The van der Waals surface area contributed by atoms with E-state index in [1.165, 1.54) is 17.4 Å². The van der Waals surface area contributed by atoms with E-state index in [4.69, 9.17) is 11.1 Å². The number of nitrogens with two attached hydrogens (primary N) is 1. The van der Waals surface area contributed by atoms with E-state index in [1.54, 1.807) is 0 Å². The normalized spacial score (nSPS) is 12.1. The number of aromatic nitrogens is 1. The van der Waals surface area contributed by atoms with Crippen molar-refractivity contribution in [2.45, 2.75) is 20.3 Å². The molecule has 0 aliphatic heterocycles. The van der Waals surface area contributed by atoms with Crippen molar-refractivity contribution >= 4 is 29.1 Å². The predicted octanol–water partition coefficient (Wildman–Crippen LogP) is 6.06. The van der Waals surface area contributed by atoms with Gasteiger partial charge in [-0.15, -0.1) is 0 Å². The van der Waals surface area contributed by atoms with Crippen LogP contribution in [0.25, 0.3) is 17.2 Å². The zero-order valence-electron chi connectivity index (χ0n) is 16.3. The number of hydrogen-bond donors (Lipinski definition) is 2. The number of nitrogens with one attached hydrogen (secondary N) is 1. The number of rotatable bonds is 6. The molecular weight excluding hydrogens is 342 g/mol. The first kappa shape index (κ1) is 19.3. The molecule has 0 fully saturated rings. The number of anilines is 1. The Morgan fingerprint density at radius 2 is 1.75 bits per heavy atom. The Morgan fingerprint density at radius 1 is 1.00 bits per heavy atom. The molecule has 3 heteroatoms. The maximum absolute atomic E-state index is 7.68. The third-order valence-electron chi connectivity index (χ3n) is 4.72. The highest BCUT2D eigenvalue weighted by molar-refractivity contribution is 6.00. The Morgan fingerprint density at radius 3 is 2.36 bits per heavy atom. The number of nitrogens with zero attached hydrogens (tertiary/aromatic N) is 1. The van der Waals surface area contributed by atoms with E-state index in [0.29, 0.717) is 5.69 Å². The summed E-state index contributed by atoms with van der Waals surface area (Å²) >= 11 is 0. The number of nitrogen functional groups attached to an aromatic ring is 1. The van der Waals surface area contributed by atoms with E-state index < -0.39 is 0 Å². The predicted molar refractivity (Wildman–Crippen MR) is 120 cm³/mol. The Kier molecular flexibility index (Phi) is 6.18. The summed E-state index contributed by atoms with van der Waals surface area (Å²) in [6, 6.07) is 20.4. The van der Waals surface area contributed by atoms with Gasteiger partial charge in [-0.05, 0) is 59.9 Å². The minimum Gasteiger partial charge on any atom is -0.398 e. The summed E-state index contributed by atoms with van der Waals surface area (Å²) in [5.41, 5.74) is 13.9. The fourth-order valence-corrected chi connectivity index (χ4v) is 3.36. The molecule has 0 radical (unpaired) electrons. The van der Waals surface area contributed by atoms with Gasteiger partial charge in [-0.1, -0.05) is 55.5 Å². The highest BCUT2D eigenvalue weighted by Crippen LogP contribution is 2.35. The molecule has 0 aliphatic rings. The largest absolute Gasteiger partial charge is 0.398 e. The number of benzene rings is 2. The van der Waals surface area contributed by atoms with Gasteiger partial charge in [0.25, 0.3) is 0 Å². The molecule has 2 aromatic carbocycles. The maximum atomic E-state index is 7.68. The highest BCUT2D eigenvalue weighted by Gasteiger charge is 2.14. The minimum atomic E-state index is 0.609. The molecular formula is C25H25N3. The van der Waals surface area contributed by atoms with Crippen LogP contribution in [0.5, 0.6) is 0 Å². The second-order valence-electron chi connectivity index (χ2n) is 6.53. The summed E-state index contributed by atoms with van der Waals surface area (Å²) < 4.78 is 0. The number of allylic oxidation sites excluding steroid dienone is 2. The molecule has 0 aliphatic carbocycles. The molecule has 0 amide bonds. The van der Waals surface area contributed by atoms with Gasteiger partial charge in [0, 0.05) is 29.2 Å². The molecule has 3 N–H and O–H groups in total. The average Bonchev–Trinajstić information content (AvgIpc) is 2.74. The molecule has 0 unspecified atom stereocenters.